The summed E-state index contributed by atoms with van der Waals surface area (Å²) in [5.41, 5.74) is -2.72. The normalized spacial score (nSPS) is 42.7. The maximum Gasteiger partial charge on any atom is 0.189 e. The molecule has 2 aliphatic heterocycles. The van der Waals surface area contributed by atoms with E-state index in [2.05, 4.69) is 0 Å². The lowest BCUT2D eigenvalue weighted by molar-refractivity contribution is -0.358. The molecule has 2 saturated heterocycles. The van der Waals surface area contributed by atoms with Gasteiger partial charge in [0.2, 0.25) is 0 Å². The molecule has 32 heavy (non-hydrogen) atoms. The van der Waals surface area contributed by atoms with Gasteiger partial charge in [-0.2, -0.15) is 0 Å². The average Bonchev–Trinajstić information content (AvgIpc) is 2.65. The fourth-order valence-corrected chi connectivity index (χ4v) is 3.75. The van der Waals surface area contributed by atoms with E-state index < -0.39 is 85.5 Å². The van der Waals surface area contributed by atoms with E-state index in [1.165, 1.54) is 27.7 Å². The minimum absolute atomic E-state index is 0.108. The first-order chi connectivity index (χ1) is 14.5. The van der Waals surface area contributed by atoms with Crippen molar-refractivity contribution in [2.45, 2.75) is 113 Å². The van der Waals surface area contributed by atoms with Gasteiger partial charge < -0.3 is 64.9 Å². The minimum atomic E-state index is -1.78. The van der Waals surface area contributed by atoms with Crippen LogP contribution in [-0.4, -0.2) is 131 Å². The van der Waals surface area contributed by atoms with Crippen LogP contribution >= 0.6 is 0 Å². The molecule has 11 unspecified atom stereocenters. The molecule has 0 spiro atoms. The van der Waals surface area contributed by atoms with Crippen molar-refractivity contribution < 1.29 is 64.9 Å². The van der Waals surface area contributed by atoms with Gasteiger partial charge in [0.05, 0.1) is 23.9 Å². The number of hydrogen-bond acceptors (Lipinski definition) is 13. The number of rotatable bonds is 8. The quantitative estimate of drug-likeness (QED) is 0.164. The van der Waals surface area contributed by atoms with Crippen molar-refractivity contribution >= 4 is 0 Å². The van der Waals surface area contributed by atoms with Crippen LogP contribution in [0, 0.1) is 0 Å². The molecule has 0 saturated carbocycles. The first-order valence-electron chi connectivity index (χ1n) is 10.3. The topological polar surface area (TPSA) is 219 Å². The van der Waals surface area contributed by atoms with Gasteiger partial charge in [-0.25, -0.2) is 0 Å². The molecule has 0 aromatic heterocycles. The molecule has 0 radical (unpaired) electrons. The fourth-order valence-electron chi connectivity index (χ4n) is 3.75. The molecular weight excluding hydrogens is 436 g/mol. The summed E-state index contributed by atoms with van der Waals surface area (Å²) in [6.45, 7) is 5.34. The molecule has 11 atom stereocenters. The Kier molecular flexibility index (Phi) is 9.01. The number of aliphatic hydroxyl groups is 9. The lowest BCUT2D eigenvalue weighted by atomic mass is 9.89. The highest BCUT2D eigenvalue weighted by atomic mass is 16.8. The van der Waals surface area contributed by atoms with Crippen molar-refractivity contribution in [2.24, 2.45) is 0 Å². The Morgan fingerprint density at radius 1 is 0.781 bits per heavy atom. The highest BCUT2D eigenvalue weighted by molar-refractivity contribution is 4.96. The number of hydrogen-bond donors (Lipinski definition) is 9. The van der Waals surface area contributed by atoms with E-state index in [0.717, 1.165) is 0 Å². The third kappa shape index (κ3) is 6.54. The Balaban J connectivity index is 1.89. The summed E-state index contributed by atoms with van der Waals surface area (Å²) in [5, 5.41) is 89.7. The van der Waals surface area contributed by atoms with Gasteiger partial charge >= 0.3 is 0 Å². The Hall–Kier alpha value is -0.520. The summed E-state index contributed by atoms with van der Waals surface area (Å²) in [5.74, 6) is 0. The second-order valence-corrected chi connectivity index (χ2v) is 9.48. The summed E-state index contributed by atoms with van der Waals surface area (Å²) >= 11 is 0. The van der Waals surface area contributed by atoms with Crippen LogP contribution in [0.4, 0.5) is 0 Å². The Labute approximate surface area is 185 Å². The Morgan fingerprint density at radius 2 is 1.38 bits per heavy atom. The minimum Gasteiger partial charge on any atom is -0.391 e. The maximum absolute atomic E-state index is 10.3. The fraction of sp³-hybridized carbons (Fsp3) is 1.00. The van der Waals surface area contributed by atoms with E-state index in [9.17, 15) is 46.0 Å². The molecule has 2 heterocycles. The van der Waals surface area contributed by atoms with E-state index in [1.807, 2.05) is 0 Å². The highest BCUT2D eigenvalue weighted by Gasteiger charge is 2.50. The summed E-state index contributed by atoms with van der Waals surface area (Å²) in [6, 6.07) is 0. The predicted molar refractivity (Wildman–Crippen MR) is 104 cm³/mol. The molecule has 13 nitrogen and oxygen atoms in total. The highest BCUT2D eigenvalue weighted by Crippen LogP contribution is 2.30. The van der Waals surface area contributed by atoms with E-state index >= 15 is 0 Å². The first kappa shape index (κ1) is 27.7. The van der Waals surface area contributed by atoms with Crippen LogP contribution in [0.2, 0.25) is 0 Å². The third-order valence-corrected chi connectivity index (χ3v) is 5.45. The monoisotopic (exact) mass is 472 g/mol. The molecule has 2 rings (SSSR count). The lowest BCUT2D eigenvalue weighted by Gasteiger charge is -2.44. The van der Waals surface area contributed by atoms with Crippen LogP contribution < -0.4 is 0 Å². The molecule has 0 amide bonds. The average molecular weight is 472 g/mol. The molecule has 0 aromatic carbocycles. The van der Waals surface area contributed by atoms with Gasteiger partial charge in [-0.15, -0.1) is 0 Å². The van der Waals surface area contributed by atoms with Crippen molar-refractivity contribution in [1.29, 1.82) is 0 Å². The second-order valence-electron chi connectivity index (χ2n) is 9.48. The smallest absolute Gasteiger partial charge is 0.189 e. The Bertz CT molecular complexity index is 596. The zero-order valence-corrected chi connectivity index (χ0v) is 18.4. The molecular formula is C19H36O13. The molecule has 0 aliphatic carbocycles. The molecule has 0 aromatic rings. The van der Waals surface area contributed by atoms with Crippen LogP contribution in [0.1, 0.15) is 34.1 Å². The van der Waals surface area contributed by atoms with Gasteiger partial charge in [0.15, 0.2) is 18.9 Å². The summed E-state index contributed by atoms with van der Waals surface area (Å²) in [7, 11) is 0. The van der Waals surface area contributed by atoms with Crippen LogP contribution in [0.3, 0.4) is 0 Å². The largest absolute Gasteiger partial charge is 0.391 e. The van der Waals surface area contributed by atoms with Crippen molar-refractivity contribution in [3.8, 4) is 0 Å². The Morgan fingerprint density at radius 3 is 1.94 bits per heavy atom. The van der Waals surface area contributed by atoms with Crippen molar-refractivity contribution in [3.63, 3.8) is 0 Å². The molecule has 9 N–H and O–H groups in total. The zero-order chi connectivity index (χ0) is 24.6. The van der Waals surface area contributed by atoms with E-state index in [-0.39, 0.29) is 6.42 Å². The van der Waals surface area contributed by atoms with E-state index in [0.29, 0.717) is 0 Å². The molecule has 13 heteroatoms. The van der Waals surface area contributed by atoms with E-state index in [1.54, 1.807) is 0 Å². The predicted octanol–water partition coefficient (Wildman–Crippen LogP) is -4.11. The van der Waals surface area contributed by atoms with Crippen molar-refractivity contribution in [3.05, 3.63) is 0 Å². The van der Waals surface area contributed by atoms with Crippen LogP contribution in [-0.2, 0) is 18.9 Å². The second kappa shape index (κ2) is 10.4. The SMILES string of the molecule is CC(C)(CC(O)COC1C(O)OC(C(C)(C)O)C(O)C1O)OC1OC(O)C(O)C(O)C1O. The molecule has 2 fully saturated rings. The van der Waals surface area contributed by atoms with Gasteiger partial charge in [-0.05, 0) is 27.7 Å². The maximum atomic E-state index is 10.3. The standard InChI is InChI=1S/C19H36O13/c1-18(2,32-17-12(25)8(21)11(24)15(26)31-17)5-7(20)6-29-13-9(22)10(23)14(19(3,4)28)30-16(13)27/h7-17,20-28H,5-6H2,1-4H3. The lowest BCUT2D eigenvalue weighted by Crippen LogP contribution is -2.63. The van der Waals surface area contributed by atoms with Gasteiger partial charge in [-0.3, -0.25) is 0 Å². The van der Waals surface area contributed by atoms with Gasteiger partial charge in [-0.1, -0.05) is 0 Å². The molecule has 0 bridgehead atoms. The number of ether oxygens (including phenoxy) is 4. The summed E-state index contributed by atoms with van der Waals surface area (Å²) in [4.78, 5) is 0. The van der Waals surface area contributed by atoms with Gasteiger partial charge in [0.1, 0.15) is 42.7 Å². The van der Waals surface area contributed by atoms with Crippen LogP contribution in [0.15, 0.2) is 0 Å². The molecule has 2 aliphatic rings. The van der Waals surface area contributed by atoms with Gasteiger partial charge in [0.25, 0.3) is 0 Å². The van der Waals surface area contributed by atoms with Crippen molar-refractivity contribution in [1.82, 2.24) is 0 Å². The summed E-state index contributed by atoms with van der Waals surface area (Å²) in [6.07, 6.45) is -17.2. The van der Waals surface area contributed by atoms with Crippen LogP contribution in [0.5, 0.6) is 0 Å². The number of aliphatic hydroxyl groups excluding tert-OH is 8. The van der Waals surface area contributed by atoms with E-state index in [4.69, 9.17) is 18.9 Å². The summed E-state index contributed by atoms with van der Waals surface area (Å²) < 4.78 is 21.0. The zero-order valence-electron chi connectivity index (χ0n) is 18.4. The third-order valence-electron chi connectivity index (χ3n) is 5.45. The van der Waals surface area contributed by atoms with Gasteiger partial charge in [0, 0.05) is 6.42 Å². The van der Waals surface area contributed by atoms with Crippen molar-refractivity contribution in [2.75, 3.05) is 6.61 Å². The molecule has 190 valence electrons. The first-order valence-corrected chi connectivity index (χ1v) is 10.3. The van der Waals surface area contributed by atoms with Crippen LogP contribution in [0.25, 0.3) is 0 Å².